The number of hydrogen-bond acceptors (Lipinski definition) is 2. The summed E-state index contributed by atoms with van der Waals surface area (Å²) in [6, 6.07) is 0.490. The molecule has 1 rings (SSSR count). The molecule has 1 N–H and O–H groups in total. The van der Waals surface area contributed by atoms with Crippen LogP contribution in [-0.4, -0.2) is 37.1 Å². The Labute approximate surface area is 57.2 Å². The van der Waals surface area contributed by atoms with Crippen LogP contribution in [0.25, 0.3) is 0 Å². The average Bonchev–Trinajstić information content (AvgIpc) is 1.89. The van der Waals surface area contributed by atoms with Crippen molar-refractivity contribution in [3.05, 3.63) is 6.92 Å². The Kier molecular flexibility index (Phi) is 2.49. The van der Waals surface area contributed by atoms with Gasteiger partial charge in [0.1, 0.15) is 0 Å². The van der Waals surface area contributed by atoms with Crippen molar-refractivity contribution in [1.29, 1.82) is 0 Å². The Bertz CT molecular complexity index is 83.0. The van der Waals surface area contributed by atoms with Gasteiger partial charge in [0.2, 0.25) is 0 Å². The van der Waals surface area contributed by atoms with Crippen molar-refractivity contribution in [1.82, 2.24) is 10.2 Å². The van der Waals surface area contributed by atoms with Crippen LogP contribution in [0.2, 0.25) is 0 Å². The van der Waals surface area contributed by atoms with Crippen LogP contribution in [0.3, 0.4) is 0 Å². The summed E-state index contributed by atoms with van der Waals surface area (Å²) in [6.07, 6.45) is 0. The first-order chi connectivity index (χ1) is 4.34. The molecule has 2 heteroatoms. The summed E-state index contributed by atoms with van der Waals surface area (Å²) in [5.41, 5.74) is 0. The molecule has 2 nitrogen and oxygen atoms in total. The minimum absolute atomic E-state index is 0.490. The molecule has 0 saturated carbocycles. The van der Waals surface area contributed by atoms with Crippen LogP contribution in [0.1, 0.15) is 6.92 Å². The van der Waals surface area contributed by atoms with E-state index < -0.39 is 0 Å². The van der Waals surface area contributed by atoms with E-state index in [9.17, 15) is 0 Å². The Hall–Kier alpha value is -0.0800. The smallest absolute Gasteiger partial charge is 0.0221 e. The van der Waals surface area contributed by atoms with Gasteiger partial charge in [0, 0.05) is 25.7 Å². The molecule has 0 aromatic heterocycles. The monoisotopic (exact) mass is 127 g/mol. The molecule has 9 heavy (non-hydrogen) atoms. The van der Waals surface area contributed by atoms with E-state index in [1.807, 2.05) is 0 Å². The molecule has 1 heterocycles. The first-order valence-electron chi connectivity index (χ1n) is 3.62. The van der Waals surface area contributed by atoms with Crippen LogP contribution >= 0.6 is 0 Å². The lowest BCUT2D eigenvalue weighted by molar-refractivity contribution is 0.201. The molecule has 53 valence electrons. The normalized spacial score (nSPS) is 30.7. The van der Waals surface area contributed by atoms with Crippen LogP contribution in [0.5, 0.6) is 0 Å². The van der Waals surface area contributed by atoms with Gasteiger partial charge in [-0.1, -0.05) is 6.92 Å². The third-order valence-electron chi connectivity index (χ3n) is 1.88. The zero-order valence-corrected chi connectivity index (χ0v) is 6.06. The predicted molar refractivity (Wildman–Crippen MR) is 39.3 cm³/mol. The molecule has 1 radical (unpaired) electrons. The lowest BCUT2D eigenvalue weighted by atomic mass is 10.2. The Morgan fingerprint density at radius 2 is 2.56 bits per heavy atom. The van der Waals surface area contributed by atoms with Crippen LogP contribution in [-0.2, 0) is 0 Å². The molecular weight excluding hydrogens is 112 g/mol. The van der Waals surface area contributed by atoms with Crippen LogP contribution in [0.15, 0.2) is 0 Å². The summed E-state index contributed by atoms with van der Waals surface area (Å²) in [7, 11) is 0. The molecule has 1 saturated heterocycles. The topological polar surface area (TPSA) is 15.3 Å². The predicted octanol–water partition coefficient (Wildman–Crippen LogP) is 0.114. The van der Waals surface area contributed by atoms with Crippen molar-refractivity contribution in [3.63, 3.8) is 0 Å². The maximum Gasteiger partial charge on any atom is 0.0221 e. The van der Waals surface area contributed by atoms with Crippen molar-refractivity contribution in [2.75, 3.05) is 26.2 Å². The summed E-state index contributed by atoms with van der Waals surface area (Å²) < 4.78 is 0. The number of hydrogen-bond donors (Lipinski definition) is 1. The maximum atomic E-state index is 4.01. The minimum atomic E-state index is 0.490. The number of likely N-dealkylation sites (N-methyl/N-ethyl adjacent to an activating group) is 1. The number of rotatable bonds is 1. The van der Waals surface area contributed by atoms with Crippen LogP contribution in [0.4, 0.5) is 0 Å². The highest BCUT2D eigenvalue weighted by atomic mass is 15.2. The zero-order valence-electron chi connectivity index (χ0n) is 6.06. The first kappa shape index (κ1) is 7.03. The molecule has 0 aromatic rings. The van der Waals surface area contributed by atoms with Crippen molar-refractivity contribution in [2.45, 2.75) is 13.0 Å². The molecule has 0 aliphatic carbocycles. The second-order valence-electron chi connectivity index (χ2n) is 2.49. The summed E-state index contributed by atoms with van der Waals surface area (Å²) in [5.74, 6) is 0. The highest BCUT2D eigenvalue weighted by Gasteiger charge is 2.14. The summed E-state index contributed by atoms with van der Waals surface area (Å²) in [5, 5.41) is 3.29. The quantitative estimate of drug-likeness (QED) is 0.538. The highest BCUT2D eigenvalue weighted by Crippen LogP contribution is 1.99. The third-order valence-corrected chi connectivity index (χ3v) is 1.88. The zero-order chi connectivity index (χ0) is 6.69. The standard InChI is InChI=1S/C7H15N2/c1-3-9-5-4-8-6-7(9)2/h7-8H,2-6H2,1H3. The fraction of sp³-hybridized carbons (Fsp3) is 0.857. The highest BCUT2D eigenvalue weighted by molar-refractivity contribution is 4.79. The molecule has 1 unspecified atom stereocenters. The van der Waals surface area contributed by atoms with Gasteiger partial charge in [-0.15, -0.1) is 0 Å². The molecule has 0 aromatic carbocycles. The van der Waals surface area contributed by atoms with Crippen LogP contribution in [0, 0.1) is 6.92 Å². The van der Waals surface area contributed by atoms with Gasteiger partial charge in [-0.2, -0.15) is 0 Å². The van der Waals surface area contributed by atoms with Crippen molar-refractivity contribution >= 4 is 0 Å². The molecule has 0 spiro atoms. The van der Waals surface area contributed by atoms with Gasteiger partial charge in [-0.05, 0) is 13.5 Å². The molecule has 1 aliphatic heterocycles. The minimum Gasteiger partial charge on any atom is -0.314 e. The largest absolute Gasteiger partial charge is 0.314 e. The van der Waals surface area contributed by atoms with Gasteiger partial charge in [0.15, 0.2) is 0 Å². The SMILES string of the molecule is [CH2]C1CNCCN1CC. The van der Waals surface area contributed by atoms with Crippen molar-refractivity contribution in [2.24, 2.45) is 0 Å². The van der Waals surface area contributed by atoms with Gasteiger partial charge in [0.05, 0.1) is 0 Å². The van der Waals surface area contributed by atoms with Gasteiger partial charge >= 0.3 is 0 Å². The average molecular weight is 127 g/mol. The third kappa shape index (κ3) is 1.66. The fourth-order valence-electron chi connectivity index (χ4n) is 1.22. The Balaban J connectivity index is 2.30. The van der Waals surface area contributed by atoms with E-state index in [-0.39, 0.29) is 0 Å². The van der Waals surface area contributed by atoms with Gasteiger partial charge < -0.3 is 5.32 Å². The summed E-state index contributed by atoms with van der Waals surface area (Å²) in [4.78, 5) is 2.39. The van der Waals surface area contributed by atoms with E-state index in [2.05, 4.69) is 24.1 Å². The Morgan fingerprint density at radius 1 is 1.78 bits per heavy atom. The molecular formula is C7H15N2. The fourth-order valence-corrected chi connectivity index (χ4v) is 1.22. The second kappa shape index (κ2) is 3.18. The van der Waals surface area contributed by atoms with Crippen LogP contribution < -0.4 is 5.32 Å². The number of piperazine rings is 1. The van der Waals surface area contributed by atoms with E-state index in [0.29, 0.717) is 6.04 Å². The molecule has 0 bridgehead atoms. The lowest BCUT2D eigenvalue weighted by Crippen LogP contribution is -2.49. The summed E-state index contributed by atoms with van der Waals surface area (Å²) in [6.45, 7) is 10.7. The first-order valence-corrected chi connectivity index (χ1v) is 3.62. The van der Waals surface area contributed by atoms with E-state index >= 15 is 0 Å². The van der Waals surface area contributed by atoms with Crippen molar-refractivity contribution < 1.29 is 0 Å². The van der Waals surface area contributed by atoms with Gasteiger partial charge in [-0.3, -0.25) is 4.90 Å². The maximum absolute atomic E-state index is 4.01. The van der Waals surface area contributed by atoms with E-state index in [4.69, 9.17) is 0 Å². The van der Waals surface area contributed by atoms with E-state index in [0.717, 1.165) is 26.2 Å². The second-order valence-corrected chi connectivity index (χ2v) is 2.49. The van der Waals surface area contributed by atoms with Crippen molar-refractivity contribution in [3.8, 4) is 0 Å². The molecule has 1 fully saturated rings. The summed E-state index contributed by atoms with van der Waals surface area (Å²) >= 11 is 0. The molecule has 1 aliphatic rings. The van der Waals surface area contributed by atoms with E-state index in [1.54, 1.807) is 0 Å². The molecule has 0 amide bonds. The van der Waals surface area contributed by atoms with E-state index in [1.165, 1.54) is 0 Å². The lowest BCUT2D eigenvalue weighted by Gasteiger charge is -2.32. The molecule has 1 atom stereocenters. The van der Waals surface area contributed by atoms with Gasteiger partial charge in [0.25, 0.3) is 0 Å². The number of nitrogens with one attached hydrogen (secondary N) is 1. The van der Waals surface area contributed by atoms with Gasteiger partial charge in [-0.25, -0.2) is 0 Å². The number of nitrogens with zero attached hydrogens (tertiary/aromatic N) is 1. The Morgan fingerprint density at radius 3 is 3.00 bits per heavy atom.